The van der Waals surface area contributed by atoms with Crippen LogP contribution in [-0.4, -0.2) is 36.6 Å². The van der Waals surface area contributed by atoms with E-state index in [1.54, 1.807) is 0 Å². The Labute approximate surface area is 103 Å². The molecule has 100 valence electrons. The van der Waals surface area contributed by atoms with Gasteiger partial charge in [-0.3, -0.25) is 9.59 Å². The maximum Gasteiger partial charge on any atom is 0.239 e. The molecule has 0 saturated carbocycles. The smallest absolute Gasteiger partial charge is 0.239 e. The van der Waals surface area contributed by atoms with Gasteiger partial charge in [-0.2, -0.15) is 0 Å². The zero-order valence-electron chi connectivity index (χ0n) is 11.0. The zero-order valence-corrected chi connectivity index (χ0v) is 11.0. The van der Waals surface area contributed by atoms with Crippen LogP contribution in [-0.2, 0) is 9.59 Å². The van der Waals surface area contributed by atoms with Gasteiger partial charge in [0, 0.05) is 19.6 Å². The summed E-state index contributed by atoms with van der Waals surface area (Å²) in [6.45, 7) is 6.42. The molecule has 0 aliphatic heterocycles. The Morgan fingerprint density at radius 1 is 1.12 bits per heavy atom. The molecule has 0 rings (SSSR count). The van der Waals surface area contributed by atoms with Crippen molar-refractivity contribution in [2.24, 2.45) is 11.8 Å². The van der Waals surface area contributed by atoms with Gasteiger partial charge in [0.25, 0.3) is 0 Å². The van der Waals surface area contributed by atoms with Crippen LogP contribution in [0.15, 0.2) is 0 Å². The first-order valence-electron chi connectivity index (χ1n) is 6.10. The molecule has 0 aromatic rings. The Kier molecular flexibility index (Phi) is 8.40. The molecule has 1 atom stereocenters. The van der Waals surface area contributed by atoms with E-state index >= 15 is 0 Å². The average molecular weight is 244 g/mol. The molecule has 3 N–H and O–H groups in total. The van der Waals surface area contributed by atoms with Gasteiger partial charge in [-0.15, -0.1) is 0 Å². The highest BCUT2D eigenvalue weighted by molar-refractivity contribution is 5.84. The highest BCUT2D eigenvalue weighted by Gasteiger charge is 2.07. The standard InChI is InChI=1S/C12H24N2O3/c1-9(2)4-5-11(16)14-7-12(17)13-6-10(3)8-15/h9-10,15H,4-8H2,1-3H3,(H,13,17)(H,14,16). The molecule has 0 fully saturated rings. The summed E-state index contributed by atoms with van der Waals surface area (Å²) in [5.41, 5.74) is 0. The van der Waals surface area contributed by atoms with Gasteiger partial charge < -0.3 is 15.7 Å². The second-order valence-electron chi connectivity index (χ2n) is 4.80. The van der Waals surface area contributed by atoms with Crippen LogP contribution in [0.3, 0.4) is 0 Å². The molecule has 5 nitrogen and oxygen atoms in total. The summed E-state index contributed by atoms with van der Waals surface area (Å²) in [6.07, 6.45) is 1.28. The molecule has 2 amide bonds. The third-order valence-electron chi connectivity index (χ3n) is 2.35. The summed E-state index contributed by atoms with van der Waals surface area (Å²) < 4.78 is 0. The van der Waals surface area contributed by atoms with Gasteiger partial charge in [0.15, 0.2) is 0 Å². The summed E-state index contributed by atoms with van der Waals surface area (Å²) in [5, 5.41) is 14.0. The third-order valence-corrected chi connectivity index (χ3v) is 2.35. The van der Waals surface area contributed by atoms with Crippen LogP contribution in [0.2, 0.25) is 0 Å². The number of aliphatic hydroxyl groups excluding tert-OH is 1. The highest BCUT2D eigenvalue weighted by atomic mass is 16.3. The van der Waals surface area contributed by atoms with Crippen LogP contribution in [0, 0.1) is 11.8 Å². The molecule has 0 aliphatic carbocycles. The maximum absolute atomic E-state index is 11.3. The number of rotatable bonds is 8. The van der Waals surface area contributed by atoms with Crippen molar-refractivity contribution in [3.8, 4) is 0 Å². The summed E-state index contributed by atoms with van der Waals surface area (Å²) in [6, 6.07) is 0. The first-order valence-corrected chi connectivity index (χ1v) is 6.10. The Bertz CT molecular complexity index is 242. The summed E-state index contributed by atoms with van der Waals surface area (Å²) in [5.74, 6) is 0.211. The Hall–Kier alpha value is -1.10. The fourth-order valence-electron chi connectivity index (χ4n) is 1.10. The number of carbonyl (C=O) groups is 2. The SMILES string of the molecule is CC(C)CCC(=O)NCC(=O)NCC(C)CO. The monoisotopic (exact) mass is 244 g/mol. The number of aliphatic hydroxyl groups is 1. The number of amides is 2. The summed E-state index contributed by atoms with van der Waals surface area (Å²) >= 11 is 0. The van der Waals surface area contributed by atoms with Gasteiger partial charge in [0.2, 0.25) is 11.8 Å². The minimum absolute atomic E-state index is 0.00901. The van der Waals surface area contributed by atoms with Crippen molar-refractivity contribution in [3.63, 3.8) is 0 Å². The maximum atomic E-state index is 11.3. The fourth-order valence-corrected chi connectivity index (χ4v) is 1.10. The first kappa shape index (κ1) is 15.9. The van der Waals surface area contributed by atoms with Gasteiger partial charge in [-0.25, -0.2) is 0 Å². The van der Waals surface area contributed by atoms with E-state index in [2.05, 4.69) is 24.5 Å². The highest BCUT2D eigenvalue weighted by Crippen LogP contribution is 2.02. The second kappa shape index (κ2) is 8.98. The van der Waals surface area contributed by atoms with Crippen LogP contribution in [0.4, 0.5) is 0 Å². The van der Waals surface area contributed by atoms with Crippen molar-refractivity contribution in [2.75, 3.05) is 19.7 Å². The molecule has 0 aliphatic rings. The molecule has 0 spiro atoms. The molecular weight excluding hydrogens is 220 g/mol. The van der Waals surface area contributed by atoms with E-state index in [0.717, 1.165) is 6.42 Å². The molecule has 5 heteroatoms. The van der Waals surface area contributed by atoms with Crippen molar-refractivity contribution in [1.82, 2.24) is 10.6 Å². The molecule has 0 radical (unpaired) electrons. The summed E-state index contributed by atoms with van der Waals surface area (Å²) in [7, 11) is 0. The van der Waals surface area contributed by atoms with Crippen LogP contribution in [0.1, 0.15) is 33.6 Å². The average Bonchev–Trinajstić information content (AvgIpc) is 2.30. The lowest BCUT2D eigenvalue weighted by molar-refractivity contribution is -0.126. The van der Waals surface area contributed by atoms with Crippen LogP contribution in [0.25, 0.3) is 0 Å². The molecule has 0 saturated heterocycles. The van der Waals surface area contributed by atoms with Crippen molar-refractivity contribution >= 4 is 11.8 Å². The molecule has 1 unspecified atom stereocenters. The van der Waals surface area contributed by atoms with E-state index in [9.17, 15) is 9.59 Å². The number of hydrogen-bond acceptors (Lipinski definition) is 3. The molecular formula is C12H24N2O3. The largest absolute Gasteiger partial charge is 0.396 e. The van der Waals surface area contributed by atoms with Gasteiger partial charge in [-0.1, -0.05) is 20.8 Å². The molecule has 0 heterocycles. The van der Waals surface area contributed by atoms with E-state index < -0.39 is 0 Å². The minimum atomic E-state index is -0.219. The lowest BCUT2D eigenvalue weighted by Gasteiger charge is -2.10. The number of hydrogen-bond donors (Lipinski definition) is 3. The van der Waals surface area contributed by atoms with Crippen molar-refractivity contribution < 1.29 is 14.7 Å². The molecule has 0 aromatic carbocycles. The van der Waals surface area contributed by atoms with E-state index in [-0.39, 0.29) is 30.9 Å². The Balaban J connectivity index is 3.59. The predicted octanol–water partition coefficient (Wildman–Crippen LogP) is 0.283. The zero-order chi connectivity index (χ0) is 13.3. The molecule has 0 bridgehead atoms. The van der Waals surface area contributed by atoms with Crippen molar-refractivity contribution in [2.45, 2.75) is 33.6 Å². The van der Waals surface area contributed by atoms with Gasteiger partial charge in [0.1, 0.15) is 0 Å². The predicted molar refractivity (Wildman–Crippen MR) is 66.3 cm³/mol. The van der Waals surface area contributed by atoms with Gasteiger partial charge in [0.05, 0.1) is 6.54 Å². The van der Waals surface area contributed by atoms with Crippen LogP contribution < -0.4 is 10.6 Å². The van der Waals surface area contributed by atoms with Crippen molar-refractivity contribution in [3.05, 3.63) is 0 Å². The fraction of sp³-hybridized carbons (Fsp3) is 0.833. The second-order valence-corrected chi connectivity index (χ2v) is 4.80. The Morgan fingerprint density at radius 2 is 1.76 bits per heavy atom. The van der Waals surface area contributed by atoms with E-state index in [1.165, 1.54) is 0 Å². The van der Waals surface area contributed by atoms with Gasteiger partial charge >= 0.3 is 0 Å². The third kappa shape index (κ3) is 9.81. The lowest BCUT2D eigenvalue weighted by Crippen LogP contribution is -2.39. The number of nitrogens with one attached hydrogen (secondary N) is 2. The summed E-state index contributed by atoms with van der Waals surface area (Å²) in [4.78, 5) is 22.6. The lowest BCUT2D eigenvalue weighted by atomic mass is 10.1. The normalized spacial score (nSPS) is 12.3. The quantitative estimate of drug-likeness (QED) is 0.574. The van der Waals surface area contributed by atoms with E-state index in [1.807, 2.05) is 6.92 Å². The molecule has 0 aromatic heterocycles. The van der Waals surface area contributed by atoms with Crippen molar-refractivity contribution in [1.29, 1.82) is 0 Å². The number of carbonyl (C=O) groups excluding carboxylic acids is 2. The molecule has 17 heavy (non-hydrogen) atoms. The van der Waals surface area contributed by atoms with E-state index in [4.69, 9.17) is 5.11 Å². The van der Waals surface area contributed by atoms with Crippen LogP contribution in [0.5, 0.6) is 0 Å². The van der Waals surface area contributed by atoms with E-state index in [0.29, 0.717) is 18.9 Å². The Morgan fingerprint density at radius 3 is 2.29 bits per heavy atom. The van der Waals surface area contributed by atoms with Gasteiger partial charge in [-0.05, 0) is 18.3 Å². The first-order chi connectivity index (χ1) is 7.95. The topological polar surface area (TPSA) is 78.4 Å². The minimum Gasteiger partial charge on any atom is -0.396 e. The van der Waals surface area contributed by atoms with Crippen LogP contribution >= 0.6 is 0 Å².